The molecule has 0 heterocycles. The van der Waals surface area contributed by atoms with Crippen molar-refractivity contribution in [3.8, 4) is 0 Å². The summed E-state index contributed by atoms with van der Waals surface area (Å²) in [7, 11) is 0. The molecule has 106 valence electrons. The van der Waals surface area contributed by atoms with E-state index in [1.807, 2.05) is 13.8 Å². The van der Waals surface area contributed by atoms with E-state index < -0.39 is 0 Å². The summed E-state index contributed by atoms with van der Waals surface area (Å²) in [6, 6.07) is 8.56. The predicted molar refractivity (Wildman–Crippen MR) is 88.2 cm³/mol. The van der Waals surface area contributed by atoms with Gasteiger partial charge < -0.3 is 11.5 Å². The molecule has 2 rings (SSSR count). The summed E-state index contributed by atoms with van der Waals surface area (Å²) in [4.78, 5) is 0. The van der Waals surface area contributed by atoms with Gasteiger partial charge in [-0.3, -0.25) is 0 Å². The number of aryl methyl sites for hydroxylation is 2. The van der Waals surface area contributed by atoms with Gasteiger partial charge in [-0.1, -0.05) is 31.2 Å². The second-order valence-electron chi connectivity index (χ2n) is 5.74. The van der Waals surface area contributed by atoms with Crippen LogP contribution in [0.3, 0.4) is 0 Å². The van der Waals surface area contributed by atoms with Crippen molar-refractivity contribution in [2.45, 2.75) is 40.5 Å². The highest BCUT2D eigenvalue weighted by molar-refractivity contribution is 5.61. The zero-order valence-electron chi connectivity index (χ0n) is 13.0. The van der Waals surface area contributed by atoms with Gasteiger partial charge in [-0.2, -0.15) is 0 Å². The molecule has 2 nitrogen and oxygen atoms in total. The molecule has 4 N–H and O–H groups in total. The lowest BCUT2D eigenvalue weighted by atomic mass is 9.85. The summed E-state index contributed by atoms with van der Waals surface area (Å²) >= 11 is 0. The summed E-state index contributed by atoms with van der Waals surface area (Å²) in [5.41, 5.74) is 21.3. The second kappa shape index (κ2) is 5.20. The molecule has 0 aliphatic carbocycles. The Kier molecular flexibility index (Phi) is 3.76. The summed E-state index contributed by atoms with van der Waals surface area (Å²) in [6.07, 6.45) is 0. The van der Waals surface area contributed by atoms with Gasteiger partial charge in [0.25, 0.3) is 0 Å². The van der Waals surface area contributed by atoms with E-state index >= 15 is 0 Å². The molecule has 0 spiro atoms. The van der Waals surface area contributed by atoms with Crippen LogP contribution >= 0.6 is 0 Å². The number of anilines is 2. The van der Waals surface area contributed by atoms with E-state index in [1.54, 1.807) is 0 Å². The van der Waals surface area contributed by atoms with Crippen LogP contribution in [0.4, 0.5) is 11.4 Å². The van der Waals surface area contributed by atoms with Gasteiger partial charge >= 0.3 is 0 Å². The normalized spacial score (nSPS) is 11.1. The Morgan fingerprint density at radius 2 is 1.05 bits per heavy atom. The van der Waals surface area contributed by atoms with Gasteiger partial charge in [0.05, 0.1) is 0 Å². The topological polar surface area (TPSA) is 52.0 Å². The maximum atomic E-state index is 6.17. The molecule has 2 heteroatoms. The smallest absolute Gasteiger partial charge is 0.0376 e. The third kappa shape index (κ3) is 2.26. The molecule has 2 aromatic carbocycles. The van der Waals surface area contributed by atoms with Crippen LogP contribution in [-0.2, 0) is 0 Å². The number of benzene rings is 2. The summed E-state index contributed by atoms with van der Waals surface area (Å²) in [5, 5.41) is 0. The van der Waals surface area contributed by atoms with Crippen LogP contribution < -0.4 is 11.5 Å². The summed E-state index contributed by atoms with van der Waals surface area (Å²) < 4.78 is 0. The van der Waals surface area contributed by atoms with Crippen LogP contribution in [0.15, 0.2) is 24.3 Å². The lowest BCUT2D eigenvalue weighted by Crippen LogP contribution is -2.06. The van der Waals surface area contributed by atoms with Crippen LogP contribution in [0.25, 0.3) is 0 Å². The van der Waals surface area contributed by atoms with Gasteiger partial charge in [-0.25, -0.2) is 0 Å². The van der Waals surface area contributed by atoms with Gasteiger partial charge in [0.1, 0.15) is 0 Å². The minimum atomic E-state index is 0.292. The molecule has 0 aliphatic rings. The van der Waals surface area contributed by atoms with Gasteiger partial charge in [0.2, 0.25) is 0 Å². The first kappa shape index (κ1) is 14.4. The summed E-state index contributed by atoms with van der Waals surface area (Å²) in [6.45, 7) is 10.5. The standard InChI is InChI=1S/C18H24N2/c1-10-6-8-15(13(4)17(10)19)12(3)16-9-7-11(2)18(20)14(16)5/h6-9,12H,19-20H2,1-5H3. The van der Waals surface area contributed by atoms with Crippen LogP contribution in [0.1, 0.15) is 46.2 Å². The first-order chi connectivity index (χ1) is 9.34. The first-order valence-corrected chi connectivity index (χ1v) is 7.05. The highest BCUT2D eigenvalue weighted by Crippen LogP contribution is 2.34. The van der Waals surface area contributed by atoms with E-state index in [0.717, 1.165) is 22.5 Å². The fraction of sp³-hybridized carbons (Fsp3) is 0.333. The maximum absolute atomic E-state index is 6.17. The summed E-state index contributed by atoms with van der Waals surface area (Å²) in [5.74, 6) is 0.292. The van der Waals surface area contributed by atoms with E-state index in [0.29, 0.717) is 5.92 Å². The Labute approximate surface area is 121 Å². The highest BCUT2D eigenvalue weighted by atomic mass is 14.6. The lowest BCUT2D eigenvalue weighted by molar-refractivity contribution is 0.898. The molecule has 0 unspecified atom stereocenters. The van der Waals surface area contributed by atoms with Crippen molar-refractivity contribution < 1.29 is 0 Å². The highest BCUT2D eigenvalue weighted by Gasteiger charge is 2.16. The zero-order valence-corrected chi connectivity index (χ0v) is 13.0. The number of nitrogens with two attached hydrogens (primary N) is 2. The lowest BCUT2D eigenvalue weighted by Gasteiger charge is -2.21. The zero-order chi connectivity index (χ0) is 15.0. The van der Waals surface area contributed by atoms with Crippen LogP contribution in [-0.4, -0.2) is 0 Å². The molecule has 0 saturated heterocycles. The fourth-order valence-electron chi connectivity index (χ4n) is 2.87. The quantitative estimate of drug-likeness (QED) is 0.800. The average Bonchev–Trinajstić information content (AvgIpc) is 2.42. The Morgan fingerprint density at radius 3 is 1.40 bits per heavy atom. The number of rotatable bonds is 2. The van der Waals surface area contributed by atoms with Crippen molar-refractivity contribution in [2.24, 2.45) is 0 Å². The molecule has 0 atom stereocenters. The fourth-order valence-corrected chi connectivity index (χ4v) is 2.87. The SMILES string of the molecule is Cc1ccc(C(C)c2ccc(C)c(N)c2C)c(C)c1N. The number of hydrogen-bond donors (Lipinski definition) is 2. The van der Waals surface area contributed by atoms with Gasteiger partial charge in [0.15, 0.2) is 0 Å². The molecule has 2 aromatic rings. The van der Waals surface area contributed by atoms with Gasteiger partial charge in [0, 0.05) is 17.3 Å². The van der Waals surface area contributed by atoms with E-state index in [2.05, 4.69) is 45.0 Å². The molecule has 0 bridgehead atoms. The second-order valence-corrected chi connectivity index (χ2v) is 5.74. The Morgan fingerprint density at radius 1 is 0.700 bits per heavy atom. The minimum absolute atomic E-state index is 0.292. The molecule has 0 radical (unpaired) electrons. The Bertz CT molecular complexity index is 599. The van der Waals surface area contributed by atoms with Crippen molar-refractivity contribution in [1.29, 1.82) is 0 Å². The third-order valence-electron chi connectivity index (χ3n) is 4.48. The molecular weight excluding hydrogens is 244 g/mol. The molecule has 0 saturated carbocycles. The van der Waals surface area contributed by atoms with Crippen LogP contribution in [0.5, 0.6) is 0 Å². The van der Waals surface area contributed by atoms with E-state index in [-0.39, 0.29) is 0 Å². The molecular formula is C18H24N2. The third-order valence-corrected chi connectivity index (χ3v) is 4.48. The van der Waals surface area contributed by atoms with E-state index in [1.165, 1.54) is 22.3 Å². The van der Waals surface area contributed by atoms with E-state index in [9.17, 15) is 0 Å². The van der Waals surface area contributed by atoms with Crippen molar-refractivity contribution in [3.63, 3.8) is 0 Å². The number of hydrogen-bond acceptors (Lipinski definition) is 2. The Hall–Kier alpha value is -1.96. The van der Waals surface area contributed by atoms with Crippen LogP contribution in [0.2, 0.25) is 0 Å². The molecule has 20 heavy (non-hydrogen) atoms. The Balaban J connectivity index is 2.55. The molecule has 0 amide bonds. The monoisotopic (exact) mass is 268 g/mol. The van der Waals surface area contributed by atoms with Crippen molar-refractivity contribution >= 4 is 11.4 Å². The van der Waals surface area contributed by atoms with Crippen molar-refractivity contribution in [2.75, 3.05) is 11.5 Å². The molecule has 0 fully saturated rings. The maximum Gasteiger partial charge on any atom is 0.0376 e. The largest absolute Gasteiger partial charge is 0.398 e. The number of nitrogen functional groups attached to an aromatic ring is 2. The predicted octanol–water partition coefficient (Wildman–Crippen LogP) is 4.24. The molecule has 0 aromatic heterocycles. The minimum Gasteiger partial charge on any atom is -0.398 e. The van der Waals surface area contributed by atoms with Crippen LogP contribution in [0, 0.1) is 27.7 Å². The van der Waals surface area contributed by atoms with Crippen molar-refractivity contribution in [3.05, 3.63) is 57.6 Å². The average molecular weight is 268 g/mol. The van der Waals surface area contributed by atoms with Gasteiger partial charge in [-0.05, 0) is 61.1 Å². The van der Waals surface area contributed by atoms with Gasteiger partial charge in [-0.15, -0.1) is 0 Å². The van der Waals surface area contributed by atoms with E-state index in [4.69, 9.17) is 11.5 Å². The first-order valence-electron chi connectivity index (χ1n) is 7.05. The molecule has 0 aliphatic heterocycles. The van der Waals surface area contributed by atoms with Crippen molar-refractivity contribution in [1.82, 2.24) is 0 Å².